The first-order valence-electron chi connectivity index (χ1n) is 17.5. The lowest BCUT2D eigenvalue weighted by atomic mass is 9.98. The first-order valence-corrected chi connectivity index (χ1v) is 19.1. The molecule has 0 fully saturated rings. The number of thiophene rings is 2. The monoisotopic (exact) mass is 699 g/mol. The van der Waals surface area contributed by atoms with Crippen LogP contribution in [0.4, 0.5) is 17.1 Å². The number of hydrogen-bond donors (Lipinski definition) is 0. The second-order valence-electron chi connectivity index (χ2n) is 13.2. The highest BCUT2D eigenvalue weighted by atomic mass is 32.1. The molecule has 0 atom stereocenters. The van der Waals surface area contributed by atoms with Crippen LogP contribution < -0.4 is 4.90 Å². The van der Waals surface area contributed by atoms with E-state index in [0.717, 1.165) is 39.0 Å². The molecular formula is C48H29NOS2. The number of fused-ring (bicyclic) bond motifs is 9. The van der Waals surface area contributed by atoms with Crippen LogP contribution in [0.1, 0.15) is 0 Å². The summed E-state index contributed by atoms with van der Waals surface area (Å²) in [7, 11) is 0. The first kappa shape index (κ1) is 29.5. The molecule has 8 aromatic carbocycles. The quantitative estimate of drug-likeness (QED) is 0.178. The molecule has 0 amide bonds. The standard InChI is InChI=1S/C48H29NOS2/c1-3-12-30(13-4-1)32-22-24-39-44(28-32)52-48-34(31-14-5-2-6-15-31)26-27-40(46(39)48)49(33-23-25-37-36-17-8-10-21-43(36)51-45(37)29-33)41-19-11-18-38-35-16-7-9-20-42(35)50-47(38)41/h1-29H. The third-order valence-electron chi connectivity index (χ3n) is 10.3. The largest absolute Gasteiger partial charge is 0.454 e. The second kappa shape index (κ2) is 11.7. The lowest BCUT2D eigenvalue weighted by Gasteiger charge is -2.27. The summed E-state index contributed by atoms with van der Waals surface area (Å²) in [6.07, 6.45) is 0. The highest BCUT2D eigenvalue weighted by molar-refractivity contribution is 7.26. The van der Waals surface area contributed by atoms with E-state index in [2.05, 4.69) is 175 Å². The zero-order valence-corrected chi connectivity index (χ0v) is 29.5. The Balaban J connectivity index is 1.24. The van der Waals surface area contributed by atoms with Gasteiger partial charge in [-0.25, -0.2) is 0 Å². The Morgan fingerprint density at radius 3 is 1.96 bits per heavy atom. The Morgan fingerprint density at radius 2 is 1.10 bits per heavy atom. The fourth-order valence-corrected chi connectivity index (χ4v) is 10.3. The number of benzene rings is 8. The van der Waals surface area contributed by atoms with Crippen LogP contribution in [0.15, 0.2) is 180 Å². The van der Waals surface area contributed by atoms with E-state index in [1.54, 1.807) is 0 Å². The molecule has 0 saturated carbocycles. The van der Waals surface area contributed by atoms with Crippen LogP contribution in [0, 0.1) is 0 Å². The molecule has 244 valence electrons. The molecule has 0 radical (unpaired) electrons. The van der Waals surface area contributed by atoms with E-state index in [1.807, 2.05) is 28.7 Å². The van der Waals surface area contributed by atoms with Gasteiger partial charge in [-0.1, -0.05) is 133 Å². The Hall–Kier alpha value is -6.20. The van der Waals surface area contributed by atoms with Crippen molar-refractivity contribution >= 4 is 102 Å². The number of nitrogens with zero attached hydrogens (tertiary/aromatic N) is 1. The van der Waals surface area contributed by atoms with Gasteiger partial charge in [0.05, 0.1) is 11.4 Å². The number of anilines is 3. The molecule has 0 unspecified atom stereocenters. The molecule has 3 aromatic heterocycles. The third-order valence-corrected chi connectivity index (χ3v) is 12.6. The van der Waals surface area contributed by atoms with Gasteiger partial charge in [-0.15, -0.1) is 22.7 Å². The van der Waals surface area contributed by atoms with Crippen molar-refractivity contribution in [3.8, 4) is 22.3 Å². The maximum Gasteiger partial charge on any atom is 0.159 e. The summed E-state index contributed by atoms with van der Waals surface area (Å²) in [5.41, 5.74) is 9.91. The molecule has 11 aromatic rings. The van der Waals surface area contributed by atoms with Crippen LogP contribution in [0.5, 0.6) is 0 Å². The minimum atomic E-state index is 0.881. The first-order chi connectivity index (χ1) is 25.8. The van der Waals surface area contributed by atoms with Crippen LogP contribution in [0.3, 0.4) is 0 Å². The average Bonchev–Trinajstić information content (AvgIpc) is 3.90. The van der Waals surface area contributed by atoms with Crippen molar-refractivity contribution in [1.82, 2.24) is 0 Å². The Bertz CT molecular complexity index is 3130. The van der Waals surface area contributed by atoms with Crippen LogP contribution >= 0.6 is 22.7 Å². The number of furan rings is 1. The second-order valence-corrected chi connectivity index (χ2v) is 15.4. The summed E-state index contributed by atoms with van der Waals surface area (Å²) in [5.74, 6) is 0. The molecule has 0 spiro atoms. The molecule has 3 heterocycles. The molecule has 4 heteroatoms. The third kappa shape index (κ3) is 4.55. The Kier molecular flexibility index (Phi) is 6.63. The van der Waals surface area contributed by atoms with Crippen molar-refractivity contribution in [1.29, 1.82) is 0 Å². The number of rotatable bonds is 5. The minimum Gasteiger partial charge on any atom is -0.454 e. The van der Waals surface area contributed by atoms with Gasteiger partial charge in [0.25, 0.3) is 0 Å². The van der Waals surface area contributed by atoms with Crippen molar-refractivity contribution in [3.05, 3.63) is 176 Å². The molecule has 0 aliphatic rings. The van der Waals surface area contributed by atoms with Crippen molar-refractivity contribution in [3.63, 3.8) is 0 Å². The maximum atomic E-state index is 6.75. The van der Waals surface area contributed by atoms with Gasteiger partial charge in [0, 0.05) is 56.8 Å². The fraction of sp³-hybridized carbons (Fsp3) is 0. The Labute approximate surface area is 308 Å². The SMILES string of the molecule is c1ccc(-c2ccc3c(c2)sc2c(-c4ccccc4)ccc(N(c4ccc5c(c4)sc4ccccc45)c4cccc5c4oc4ccccc45)c23)cc1. The molecule has 0 aliphatic heterocycles. The Morgan fingerprint density at radius 1 is 0.404 bits per heavy atom. The lowest BCUT2D eigenvalue weighted by Crippen LogP contribution is -2.10. The predicted molar refractivity (Wildman–Crippen MR) is 225 cm³/mol. The average molecular weight is 700 g/mol. The minimum absolute atomic E-state index is 0.881. The van der Waals surface area contributed by atoms with Crippen molar-refractivity contribution < 1.29 is 4.42 Å². The van der Waals surface area contributed by atoms with Gasteiger partial charge in [-0.3, -0.25) is 0 Å². The lowest BCUT2D eigenvalue weighted by molar-refractivity contribution is 0.669. The highest BCUT2D eigenvalue weighted by Crippen LogP contribution is 2.51. The normalized spacial score (nSPS) is 11.8. The van der Waals surface area contributed by atoms with E-state index in [1.165, 1.54) is 62.6 Å². The van der Waals surface area contributed by atoms with Gasteiger partial charge < -0.3 is 9.32 Å². The van der Waals surface area contributed by atoms with E-state index in [4.69, 9.17) is 4.42 Å². The van der Waals surface area contributed by atoms with Crippen molar-refractivity contribution in [2.75, 3.05) is 4.90 Å². The van der Waals surface area contributed by atoms with Crippen LogP contribution in [0.2, 0.25) is 0 Å². The summed E-state index contributed by atoms with van der Waals surface area (Å²) in [4.78, 5) is 2.43. The molecule has 2 nitrogen and oxygen atoms in total. The maximum absolute atomic E-state index is 6.75. The highest BCUT2D eigenvalue weighted by Gasteiger charge is 2.25. The number of hydrogen-bond acceptors (Lipinski definition) is 4. The summed E-state index contributed by atoms with van der Waals surface area (Å²) < 4.78 is 11.8. The van der Waals surface area contributed by atoms with Gasteiger partial charge in [0.1, 0.15) is 5.58 Å². The summed E-state index contributed by atoms with van der Waals surface area (Å²) >= 11 is 3.73. The molecular weight excluding hydrogens is 671 g/mol. The smallest absolute Gasteiger partial charge is 0.159 e. The van der Waals surface area contributed by atoms with E-state index < -0.39 is 0 Å². The number of para-hydroxylation sites is 2. The van der Waals surface area contributed by atoms with Crippen molar-refractivity contribution in [2.24, 2.45) is 0 Å². The van der Waals surface area contributed by atoms with E-state index >= 15 is 0 Å². The van der Waals surface area contributed by atoms with Crippen LogP contribution in [-0.2, 0) is 0 Å². The van der Waals surface area contributed by atoms with E-state index in [-0.39, 0.29) is 0 Å². The summed E-state index contributed by atoms with van der Waals surface area (Å²) in [6.45, 7) is 0. The molecule has 52 heavy (non-hydrogen) atoms. The van der Waals surface area contributed by atoms with Gasteiger partial charge in [-0.2, -0.15) is 0 Å². The van der Waals surface area contributed by atoms with Gasteiger partial charge in [0.15, 0.2) is 5.58 Å². The summed E-state index contributed by atoms with van der Waals surface area (Å²) in [5, 5.41) is 7.31. The zero-order valence-electron chi connectivity index (χ0n) is 27.9. The molecule has 11 rings (SSSR count). The molecule has 0 bridgehead atoms. The van der Waals surface area contributed by atoms with E-state index in [0.29, 0.717) is 0 Å². The molecule has 0 N–H and O–H groups in total. The molecule has 0 saturated heterocycles. The van der Waals surface area contributed by atoms with Gasteiger partial charge in [0.2, 0.25) is 0 Å². The van der Waals surface area contributed by atoms with E-state index in [9.17, 15) is 0 Å². The van der Waals surface area contributed by atoms with Crippen LogP contribution in [-0.4, -0.2) is 0 Å². The summed E-state index contributed by atoms with van der Waals surface area (Å²) in [6, 6.07) is 63.6. The van der Waals surface area contributed by atoms with Crippen LogP contribution in [0.25, 0.3) is 84.5 Å². The van der Waals surface area contributed by atoms with Crippen molar-refractivity contribution in [2.45, 2.75) is 0 Å². The predicted octanol–water partition coefficient (Wildman–Crippen LogP) is 15.1. The van der Waals surface area contributed by atoms with Gasteiger partial charge in [-0.05, 0) is 64.7 Å². The molecule has 0 aliphatic carbocycles. The van der Waals surface area contributed by atoms with Gasteiger partial charge >= 0.3 is 0 Å². The topological polar surface area (TPSA) is 16.4 Å². The zero-order chi connectivity index (χ0) is 34.2. The fourth-order valence-electron chi connectivity index (χ4n) is 7.87.